The summed E-state index contributed by atoms with van der Waals surface area (Å²) in [5, 5.41) is 3.17. The molecule has 0 bridgehead atoms. The van der Waals surface area contributed by atoms with Gasteiger partial charge in [-0.3, -0.25) is 4.79 Å². The van der Waals surface area contributed by atoms with Crippen LogP contribution in [0.15, 0.2) is 77.1 Å². The highest BCUT2D eigenvalue weighted by Gasteiger charge is 2.39. The van der Waals surface area contributed by atoms with E-state index in [2.05, 4.69) is 5.32 Å². The molecule has 0 saturated heterocycles. The number of allylic oxidation sites excluding steroid dienone is 3. The van der Waals surface area contributed by atoms with Gasteiger partial charge in [0.1, 0.15) is 6.61 Å². The van der Waals surface area contributed by atoms with E-state index in [0.29, 0.717) is 36.1 Å². The molecule has 1 N–H and O–H groups in total. The van der Waals surface area contributed by atoms with Crippen molar-refractivity contribution in [2.75, 3.05) is 0 Å². The molecule has 166 valence electrons. The van der Waals surface area contributed by atoms with Crippen molar-refractivity contribution in [2.24, 2.45) is 0 Å². The second-order valence-electron chi connectivity index (χ2n) is 7.95. The summed E-state index contributed by atoms with van der Waals surface area (Å²) in [6.07, 6.45) is -2.81. The molecular weight excluding hydrogens is 419 g/mol. The summed E-state index contributed by atoms with van der Waals surface area (Å²) in [5.41, 5.74) is 2.43. The number of alkyl halides is 3. The predicted molar refractivity (Wildman–Crippen MR) is 112 cm³/mol. The van der Waals surface area contributed by atoms with Crippen LogP contribution in [0.1, 0.15) is 48.8 Å². The van der Waals surface area contributed by atoms with Gasteiger partial charge in [0.15, 0.2) is 5.78 Å². The third kappa shape index (κ3) is 4.33. The molecule has 2 aromatic rings. The minimum Gasteiger partial charge on any atom is -0.457 e. The molecule has 1 atom stereocenters. The van der Waals surface area contributed by atoms with Gasteiger partial charge < -0.3 is 10.1 Å². The standard InChI is InChI=1S/C25H22F3NO3/c1-15-21(24(31)32-14-16-6-3-2-4-7-16)22(23-19(29-15)8-5-9-20(23)30)17-10-12-18(13-11-17)25(26,27)28/h2-4,6-7,10-13,22,29H,5,8-9,14H2,1H3. The number of ketones is 1. The van der Waals surface area contributed by atoms with Crippen molar-refractivity contribution in [3.05, 3.63) is 93.8 Å². The minimum absolute atomic E-state index is 0.0516. The molecule has 4 rings (SSSR count). The summed E-state index contributed by atoms with van der Waals surface area (Å²) < 4.78 is 44.7. The Bertz CT molecular complexity index is 1100. The summed E-state index contributed by atoms with van der Waals surface area (Å²) >= 11 is 0. The van der Waals surface area contributed by atoms with E-state index >= 15 is 0 Å². The normalized spacial score (nSPS) is 18.9. The lowest BCUT2D eigenvalue weighted by Gasteiger charge is -2.34. The number of rotatable bonds is 4. The molecular formula is C25H22F3NO3. The van der Waals surface area contributed by atoms with Crippen LogP contribution in [0, 0.1) is 0 Å². The number of hydrogen-bond donors (Lipinski definition) is 1. The first-order valence-electron chi connectivity index (χ1n) is 10.4. The molecule has 0 saturated carbocycles. The first-order chi connectivity index (χ1) is 15.3. The van der Waals surface area contributed by atoms with Crippen LogP contribution in [-0.2, 0) is 27.1 Å². The molecule has 0 aromatic heterocycles. The second kappa shape index (κ2) is 8.65. The van der Waals surface area contributed by atoms with Crippen LogP contribution in [-0.4, -0.2) is 11.8 Å². The molecule has 1 unspecified atom stereocenters. The Hall–Kier alpha value is -3.35. The molecule has 7 heteroatoms. The van der Waals surface area contributed by atoms with Crippen LogP contribution in [0.4, 0.5) is 13.2 Å². The van der Waals surface area contributed by atoms with Crippen molar-refractivity contribution >= 4 is 11.8 Å². The fourth-order valence-electron chi connectivity index (χ4n) is 4.25. The molecule has 0 amide bonds. The Morgan fingerprint density at radius 1 is 1.06 bits per heavy atom. The summed E-state index contributed by atoms with van der Waals surface area (Å²) in [4.78, 5) is 26.0. The van der Waals surface area contributed by atoms with Gasteiger partial charge in [-0.1, -0.05) is 42.5 Å². The Balaban J connectivity index is 1.71. The highest BCUT2D eigenvalue weighted by Crippen LogP contribution is 2.43. The largest absolute Gasteiger partial charge is 0.457 e. The lowest BCUT2D eigenvalue weighted by molar-refractivity contribution is -0.141. The molecule has 4 nitrogen and oxygen atoms in total. The first-order valence-corrected chi connectivity index (χ1v) is 10.4. The fourth-order valence-corrected chi connectivity index (χ4v) is 4.25. The Morgan fingerprint density at radius 3 is 2.41 bits per heavy atom. The second-order valence-corrected chi connectivity index (χ2v) is 7.95. The van der Waals surface area contributed by atoms with Gasteiger partial charge in [-0.15, -0.1) is 0 Å². The van der Waals surface area contributed by atoms with Gasteiger partial charge in [-0.25, -0.2) is 4.79 Å². The van der Waals surface area contributed by atoms with Crippen LogP contribution >= 0.6 is 0 Å². The van der Waals surface area contributed by atoms with E-state index in [1.54, 1.807) is 6.92 Å². The number of dihydropyridines is 1. The van der Waals surface area contributed by atoms with E-state index in [0.717, 1.165) is 23.4 Å². The van der Waals surface area contributed by atoms with Crippen LogP contribution in [0.5, 0.6) is 0 Å². The van der Waals surface area contributed by atoms with Crippen LogP contribution < -0.4 is 5.32 Å². The SMILES string of the molecule is CC1=C(C(=O)OCc2ccccc2)C(c2ccc(C(F)(F)F)cc2)C2=C(CCCC2=O)N1. The molecule has 32 heavy (non-hydrogen) atoms. The maximum absolute atomic E-state index is 13.1. The highest BCUT2D eigenvalue weighted by atomic mass is 19.4. The Morgan fingerprint density at radius 2 is 1.75 bits per heavy atom. The summed E-state index contributed by atoms with van der Waals surface area (Å²) in [7, 11) is 0. The van der Waals surface area contributed by atoms with Crippen molar-refractivity contribution in [3.8, 4) is 0 Å². The van der Waals surface area contributed by atoms with Crippen LogP contribution in [0.25, 0.3) is 0 Å². The predicted octanol–water partition coefficient (Wildman–Crippen LogP) is 5.42. The van der Waals surface area contributed by atoms with E-state index in [4.69, 9.17) is 4.74 Å². The third-order valence-electron chi connectivity index (χ3n) is 5.78. The molecule has 1 aliphatic carbocycles. The maximum Gasteiger partial charge on any atom is 0.416 e. The topological polar surface area (TPSA) is 55.4 Å². The zero-order valence-corrected chi connectivity index (χ0v) is 17.5. The van der Waals surface area contributed by atoms with Crippen molar-refractivity contribution < 1.29 is 27.5 Å². The molecule has 0 spiro atoms. The highest BCUT2D eigenvalue weighted by molar-refractivity contribution is 6.03. The van der Waals surface area contributed by atoms with Crippen molar-refractivity contribution in [3.63, 3.8) is 0 Å². The van der Waals surface area contributed by atoms with E-state index in [9.17, 15) is 22.8 Å². The van der Waals surface area contributed by atoms with Crippen molar-refractivity contribution in [2.45, 2.75) is 44.9 Å². The maximum atomic E-state index is 13.1. The number of nitrogens with one attached hydrogen (secondary N) is 1. The van der Waals surface area contributed by atoms with Crippen molar-refractivity contribution in [1.82, 2.24) is 5.32 Å². The Kier molecular flexibility index (Phi) is 5.91. The van der Waals surface area contributed by atoms with Gasteiger partial charge in [0, 0.05) is 29.3 Å². The van der Waals surface area contributed by atoms with Gasteiger partial charge in [0.25, 0.3) is 0 Å². The van der Waals surface area contributed by atoms with E-state index in [-0.39, 0.29) is 18.0 Å². The van der Waals surface area contributed by atoms with Gasteiger partial charge in [-0.2, -0.15) is 13.2 Å². The van der Waals surface area contributed by atoms with Crippen LogP contribution in [0.3, 0.4) is 0 Å². The van der Waals surface area contributed by atoms with Gasteiger partial charge in [0.2, 0.25) is 0 Å². The number of ether oxygens (including phenoxy) is 1. The average molecular weight is 441 g/mol. The molecule has 1 heterocycles. The smallest absolute Gasteiger partial charge is 0.416 e. The van der Waals surface area contributed by atoms with Gasteiger partial charge >= 0.3 is 12.1 Å². The third-order valence-corrected chi connectivity index (χ3v) is 5.78. The number of benzene rings is 2. The van der Waals surface area contributed by atoms with E-state index < -0.39 is 23.6 Å². The molecule has 0 fully saturated rings. The quantitative estimate of drug-likeness (QED) is 0.644. The molecule has 2 aliphatic rings. The van der Waals surface area contributed by atoms with Gasteiger partial charge in [0.05, 0.1) is 11.1 Å². The van der Waals surface area contributed by atoms with Crippen LogP contribution in [0.2, 0.25) is 0 Å². The van der Waals surface area contributed by atoms with E-state index in [1.807, 2.05) is 30.3 Å². The number of carbonyl (C=O) groups excluding carboxylic acids is 2. The summed E-state index contributed by atoms with van der Waals surface area (Å²) in [6, 6.07) is 13.8. The average Bonchev–Trinajstić information content (AvgIpc) is 2.77. The number of hydrogen-bond acceptors (Lipinski definition) is 4. The van der Waals surface area contributed by atoms with Crippen molar-refractivity contribution in [1.29, 1.82) is 0 Å². The van der Waals surface area contributed by atoms with Gasteiger partial charge in [-0.05, 0) is 43.0 Å². The monoisotopic (exact) mass is 441 g/mol. The lowest BCUT2D eigenvalue weighted by atomic mass is 9.75. The molecule has 0 radical (unpaired) electrons. The Labute approximate surface area is 183 Å². The summed E-state index contributed by atoms with van der Waals surface area (Å²) in [6.45, 7) is 1.77. The first kappa shape index (κ1) is 21.9. The number of halogens is 3. The zero-order chi connectivity index (χ0) is 22.9. The number of carbonyl (C=O) groups is 2. The lowest BCUT2D eigenvalue weighted by Crippen LogP contribution is -2.34. The zero-order valence-electron chi connectivity index (χ0n) is 17.5. The molecule has 1 aliphatic heterocycles. The molecule has 2 aromatic carbocycles. The van der Waals surface area contributed by atoms with E-state index in [1.165, 1.54) is 12.1 Å². The summed E-state index contributed by atoms with van der Waals surface area (Å²) in [5.74, 6) is -1.48. The number of esters is 1. The number of Topliss-reactive ketones (excluding diaryl/α,β-unsaturated/α-hetero) is 1. The minimum atomic E-state index is -4.47. The fraction of sp³-hybridized carbons (Fsp3) is 0.280.